The van der Waals surface area contributed by atoms with E-state index in [1.807, 2.05) is 13.0 Å². The van der Waals surface area contributed by atoms with Crippen molar-refractivity contribution in [3.05, 3.63) is 29.4 Å². The molecule has 0 aromatic carbocycles. The molecular weight excluding hydrogens is 340 g/mol. The summed E-state index contributed by atoms with van der Waals surface area (Å²) in [7, 11) is 0. The normalized spacial score (nSPS) is 17.2. The molecule has 3 heterocycles. The molecule has 1 atom stereocenters. The zero-order chi connectivity index (χ0) is 17.6. The summed E-state index contributed by atoms with van der Waals surface area (Å²) in [5, 5.41) is 13.6. The Kier molecular flexibility index (Phi) is 5.54. The van der Waals surface area contributed by atoms with E-state index in [0.29, 0.717) is 17.1 Å². The Morgan fingerprint density at radius 2 is 2.28 bits per heavy atom. The number of aromatic nitrogens is 3. The van der Waals surface area contributed by atoms with Crippen molar-refractivity contribution in [2.75, 3.05) is 23.3 Å². The third-order valence-corrected chi connectivity index (χ3v) is 4.63. The van der Waals surface area contributed by atoms with Crippen LogP contribution in [0, 0.1) is 0 Å². The Labute approximate surface area is 149 Å². The number of hydrogen-bond acceptors (Lipinski definition) is 7. The smallest absolute Gasteiger partial charge is 0.259 e. The lowest BCUT2D eigenvalue weighted by molar-refractivity contribution is -0.121. The predicted molar refractivity (Wildman–Crippen MR) is 95.8 cm³/mol. The molecule has 1 aliphatic heterocycles. The molecule has 2 aromatic rings. The maximum absolute atomic E-state index is 12.1. The molecule has 9 heteroatoms. The minimum atomic E-state index is -0.262. The number of anilines is 2. The van der Waals surface area contributed by atoms with Crippen molar-refractivity contribution in [1.29, 1.82) is 0 Å². The predicted octanol–water partition coefficient (Wildman–Crippen LogP) is 1.68. The molecule has 0 aliphatic carbocycles. The molecule has 1 saturated heterocycles. The van der Waals surface area contributed by atoms with Gasteiger partial charge in [0.25, 0.3) is 5.91 Å². The SMILES string of the molecule is CCC(=O)NC1CCCN(c2ccc(C(=O)Nc3nncs3)cn2)C1. The quantitative estimate of drug-likeness (QED) is 0.841. The molecule has 0 saturated carbocycles. The number of carbonyl (C=O) groups is 2. The molecule has 25 heavy (non-hydrogen) atoms. The van der Waals surface area contributed by atoms with Crippen LogP contribution in [-0.2, 0) is 4.79 Å². The van der Waals surface area contributed by atoms with E-state index in [1.165, 1.54) is 11.3 Å². The molecule has 132 valence electrons. The van der Waals surface area contributed by atoms with Gasteiger partial charge in [0.1, 0.15) is 11.3 Å². The van der Waals surface area contributed by atoms with Crippen molar-refractivity contribution < 1.29 is 9.59 Å². The van der Waals surface area contributed by atoms with E-state index in [-0.39, 0.29) is 17.9 Å². The molecular formula is C16H20N6O2S. The van der Waals surface area contributed by atoms with Gasteiger partial charge in [-0.2, -0.15) is 0 Å². The first kappa shape index (κ1) is 17.3. The fourth-order valence-electron chi connectivity index (χ4n) is 2.74. The lowest BCUT2D eigenvalue weighted by atomic mass is 10.1. The highest BCUT2D eigenvalue weighted by atomic mass is 32.1. The summed E-state index contributed by atoms with van der Waals surface area (Å²) in [4.78, 5) is 30.2. The zero-order valence-corrected chi connectivity index (χ0v) is 14.8. The van der Waals surface area contributed by atoms with Crippen LogP contribution in [0.2, 0.25) is 0 Å². The summed E-state index contributed by atoms with van der Waals surface area (Å²) >= 11 is 1.26. The molecule has 1 aliphatic rings. The van der Waals surface area contributed by atoms with E-state index in [1.54, 1.807) is 17.8 Å². The molecule has 8 nitrogen and oxygen atoms in total. The van der Waals surface area contributed by atoms with Gasteiger partial charge < -0.3 is 10.2 Å². The number of carbonyl (C=O) groups excluding carboxylic acids is 2. The average molecular weight is 360 g/mol. The fourth-order valence-corrected chi connectivity index (χ4v) is 3.18. The highest BCUT2D eigenvalue weighted by molar-refractivity contribution is 7.13. The summed E-state index contributed by atoms with van der Waals surface area (Å²) in [5.41, 5.74) is 2.02. The van der Waals surface area contributed by atoms with Crippen LogP contribution in [-0.4, -0.2) is 46.1 Å². The second-order valence-corrected chi connectivity index (χ2v) is 6.64. The summed E-state index contributed by atoms with van der Waals surface area (Å²) in [6.45, 7) is 3.47. The van der Waals surface area contributed by atoms with Crippen molar-refractivity contribution in [2.45, 2.75) is 32.2 Å². The summed E-state index contributed by atoms with van der Waals surface area (Å²) in [6.07, 6.45) is 4.02. The Morgan fingerprint density at radius 3 is 2.96 bits per heavy atom. The standard InChI is InChI=1S/C16H20N6O2S/c1-2-14(23)19-12-4-3-7-22(9-12)13-6-5-11(8-17-13)15(24)20-16-21-18-10-25-16/h5-6,8,10,12H,2-4,7,9H2,1H3,(H,19,23)(H,20,21,24). The van der Waals surface area contributed by atoms with Gasteiger partial charge in [-0.1, -0.05) is 18.3 Å². The molecule has 2 amide bonds. The van der Waals surface area contributed by atoms with E-state index >= 15 is 0 Å². The fraction of sp³-hybridized carbons (Fsp3) is 0.438. The van der Waals surface area contributed by atoms with Gasteiger partial charge in [0, 0.05) is 31.7 Å². The number of rotatable bonds is 5. The summed E-state index contributed by atoms with van der Waals surface area (Å²) < 4.78 is 0. The number of pyridine rings is 1. The van der Waals surface area contributed by atoms with E-state index in [2.05, 4.69) is 30.7 Å². The van der Waals surface area contributed by atoms with Crippen LogP contribution in [0.4, 0.5) is 10.9 Å². The molecule has 1 fully saturated rings. The lowest BCUT2D eigenvalue weighted by Crippen LogP contribution is -2.47. The molecule has 2 aromatic heterocycles. The molecule has 3 rings (SSSR count). The maximum Gasteiger partial charge on any atom is 0.259 e. The molecule has 0 spiro atoms. The Morgan fingerprint density at radius 1 is 1.40 bits per heavy atom. The largest absolute Gasteiger partial charge is 0.355 e. The maximum atomic E-state index is 12.1. The number of amides is 2. The van der Waals surface area contributed by atoms with Gasteiger partial charge in [-0.15, -0.1) is 10.2 Å². The molecule has 0 bridgehead atoms. The van der Waals surface area contributed by atoms with Gasteiger partial charge in [0.2, 0.25) is 11.0 Å². The van der Waals surface area contributed by atoms with Gasteiger partial charge in [0.15, 0.2) is 0 Å². The zero-order valence-electron chi connectivity index (χ0n) is 13.9. The first-order valence-corrected chi connectivity index (χ1v) is 9.11. The number of nitrogens with one attached hydrogen (secondary N) is 2. The summed E-state index contributed by atoms with van der Waals surface area (Å²) in [6, 6.07) is 3.72. The third kappa shape index (κ3) is 4.50. The van der Waals surface area contributed by atoms with Crippen LogP contribution in [0.1, 0.15) is 36.5 Å². The Bertz CT molecular complexity index is 719. The lowest BCUT2D eigenvalue weighted by Gasteiger charge is -2.34. The van der Waals surface area contributed by atoms with Crippen molar-refractivity contribution in [2.24, 2.45) is 0 Å². The number of piperidine rings is 1. The minimum absolute atomic E-state index is 0.0727. The second-order valence-electron chi connectivity index (χ2n) is 5.81. The monoisotopic (exact) mass is 360 g/mol. The highest BCUT2D eigenvalue weighted by Gasteiger charge is 2.22. The number of hydrogen-bond donors (Lipinski definition) is 2. The minimum Gasteiger partial charge on any atom is -0.355 e. The first-order chi connectivity index (χ1) is 12.2. The van der Waals surface area contributed by atoms with Crippen molar-refractivity contribution in [3.63, 3.8) is 0 Å². The van der Waals surface area contributed by atoms with Crippen LogP contribution in [0.15, 0.2) is 23.8 Å². The van der Waals surface area contributed by atoms with Gasteiger partial charge in [-0.3, -0.25) is 14.9 Å². The van der Waals surface area contributed by atoms with Gasteiger partial charge in [0.05, 0.1) is 5.56 Å². The topological polar surface area (TPSA) is 100 Å². The second kappa shape index (κ2) is 8.02. The van der Waals surface area contributed by atoms with Crippen molar-refractivity contribution in [3.8, 4) is 0 Å². The van der Waals surface area contributed by atoms with Gasteiger partial charge in [-0.25, -0.2) is 4.98 Å². The third-order valence-electron chi connectivity index (χ3n) is 4.02. The van der Waals surface area contributed by atoms with Crippen LogP contribution in [0.3, 0.4) is 0 Å². The molecule has 1 unspecified atom stereocenters. The first-order valence-electron chi connectivity index (χ1n) is 8.23. The Balaban J connectivity index is 1.61. The van der Waals surface area contributed by atoms with Gasteiger partial charge in [-0.05, 0) is 25.0 Å². The van der Waals surface area contributed by atoms with Crippen LogP contribution in [0.25, 0.3) is 0 Å². The molecule has 0 radical (unpaired) electrons. The number of nitrogens with zero attached hydrogens (tertiary/aromatic N) is 4. The van der Waals surface area contributed by atoms with Crippen molar-refractivity contribution in [1.82, 2.24) is 20.5 Å². The van der Waals surface area contributed by atoms with E-state index in [4.69, 9.17) is 0 Å². The van der Waals surface area contributed by atoms with E-state index < -0.39 is 0 Å². The molecule has 2 N–H and O–H groups in total. The summed E-state index contributed by atoms with van der Waals surface area (Å²) in [5.74, 6) is 0.619. The average Bonchev–Trinajstić information content (AvgIpc) is 3.15. The van der Waals surface area contributed by atoms with Gasteiger partial charge >= 0.3 is 0 Å². The van der Waals surface area contributed by atoms with Crippen molar-refractivity contribution >= 4 is 34.1 Å². The van der Waals surface area contributed by atoms with Crippen LogP contribution < -0.4 is 15.5 Å². The Hall–Kier alpha value is -2.55. The van der Waals surface area contributed by atoms with Crippen LogP contribution in [0.5, 0.6) is 0 Å². The van der Waals surface area contributed by atoms with E-state index in [9.17, 15) is 9.59 Å². The van der Waals surface area contributed by atoms with Crippen LogP contribution >= 0.6 is 11.3 Å². The highest BCUT2D eigenvalue weighted by Crippen LogP contribution is 2.19. The van der Waals surface area contributed by atoms with E-state index in [0.717, 1.165) is 31.7 Å².